The largest absolute Gasteiger partial charge is 0.331 e. The van der Waals surface area contributed by atoms with Gasteiger partial charge in [-0.1, -0.05) is 11.6 Å². The van der Waals surface area contributed by atoms with E-state index < -0.39 is 0 Å². The van der Waals surface area contributed by atoms with E-state index in [1.807, 2.05) is 6.92 Å². The Kier molecular flexibility index (Phi) is 2.59. The minimum atomic E-state index is -0.313. The maximum absolute atomic E-state index is 11.7. The molecule has 0 aliphatic carbocycles. The molecule has 4 nitrogen and oxygen atoms in total. The van der Waals surface area contributed by atoms with Gasteiger partial charge in [0.2, 0.25) is 0 Å². The topological polar surface area (TPSA) is 40.6 Å². The number of urea groups is 1. The number of amides is 3. The van der Waals surface area contributed by atoms with Gasteiger partial charge in [0.25, 0.3) is 5.91 Å². The lowest BCUT2D eigenvalue weighted by Gasteiger charge is -2.15. The maximum Gasteiger partial charge on any atom is 0.331 e. The van der Waals surface area contributed by atoms with Crippen LogP contribution in [0.4, 0.5) is 10.5 Å². The lowest BCUT2D eigenvalue weighted by Crippen LogP contribution is -2.31. The van der Waals surface area contributed by atoms with E-state index >= 15 is 0 Å². The van der Waals surface area contributed by atoms with E-state index in [4.69, 9.17) is 11.6 Å². The molecule has 2 rings (SSSR count). The van der Waals surface area contributed by atoms with Crippen molar-refractivity contribution >= 4 is 29.2 Å². The van der Waals surface area contributed by atoms with E-state index in [0.29, 0.717) is 10.7 Å². The van der Waals surface area contributed by atoms with E-state index in [1.165, 1.54) is 4.90 Å². The van der Waals surface area contributed by atoms with Crippen LogP contribution in [-0.4, -0.2) is 30.4 Å². The molecule has 0 atom stereocenters. The fraction of sp³-hybridized carbons (Fsp3) is 0.273. The Hall–Kier alpha value is -1.55. The van der Waals surface area contributed by atoms with E-state index in [9.17, 15) is 9.59 Å². The SMILES string of the molecule is Cc1cc(Cl)cc(N2C(=O)CN(C)C2=O)c1. The van der Waals surface area contributed by atoms with Crippen molar-refractivity contribution in [2.24, 2.45) is 0 Å². The number of likely N-dealkylation sites (N-methyl/N-ethyl adjacent to an activating group) is 1. The fourth-order valence-electron chi connectivity index (χ4n) is 1.72. The number of rotatable bonds is 1. The molecule has 0 saturated carbocycles. The number of carbonyl (C=O) groups is 2. The molecule has 1 aromatic rings. The molecule has 0 bridgehead atoms. The Morgan fingerprint density at radius 2 is 1.94 bits per heavy atom. The average molecular weight is 239 g/mol. The third-order valence-electron chi connectivity index (χ3n) is 2.42. The third kappa shape index (κ3) is 1.76. The summed E-state index contributed by atoms with van der Waals surface area (Å²) in [6, 6.07) is 4.84. The van der Waals surface area contributed by atoms with Crippen LogP contribution in [0.5, 0.6) is 0 Å². The molecule has 1 aromatic carbocycles. The summed E-state index contributed by atoms with van der Waals surface area (Å²) in [7, 11) is 1.59. The van der Waals surface area contributed by atoms with E-state index in [1.54, 1.807) is 25.2 Å². The Morgan fingerprint density at radius 1 is 1.25 bits per heavy atom. The van der Waals surface area contributed by atoms with Crippen molar-refractivity contribution in [3.8, 4) is 0 Å². The van der Waals surface area contributed by atoms with Gasteiger partial charge in [-0.25, -0.2) is 9.69 Å². The first-order valence-corrected chi connectivity index (χ1v) is 5.22. The first-order chi connectivity index (χ1) is 7.49. The Morgan fingerprint density at radius 3 is 2.44 bits per heavy atom. The quantitative estimate of drug-likeness (QED) is 0.703. The number of hydrogen-bond acceptors (Lipinski definition) is 2. The fourth-order valence-corrected chi connectivity index (χ4v) is 2.00. The summed E-state index contributed by atoms with van der Waals surface area (Å²) >= 11 is 5.90. The van der Waals surface area contributed by atoms with Gasteiger partial charge in [-0.15, -0.1) is 0 Å². The van der Waals surface area contributed by atoms with Crippen LogP contribution >= 0.6 is 11.6 Å². The van der Waals surface area contributed by atoms with Crippen LogP contribution in [-0.2, 0) is 4.79 Å². The van der Waals surface area contributed by atoms with Crippen LogP contribution in [0.15, 0.2) is 18.2 Å². The molecule has 0 spiro atoms. The van der Waals surface area contributed by atoms with Crippen molar-refractivity contribution < 1.29 is 9.59 Å². The zero-order valence-corrected chi connectivity index (χ0v) is 9.78. The zero-order chi connectivity index (χ0) is 11.9. The van der Waals surface area contributed by atoms with Crippen molar-refractivity contribution in [2.45, 2.75) is 6.92 Å². The molecule has 0 unspecified atom stereocenters. The second-order valence-corrected chi connectivity index (χ2v) is 4.29. The molecule has 1 heterocycles. The summed E-state index contributed by atoms with van der Waals surface area (Å²) in [6.45, 7) is 1.98. The molecule has 84 valence electrons. The third-order valence-corrected chi connectivity index (χ3v) is 2.64. The number of aryl methyl sites for hydroxylation is 1. The number of nitrogens with zero attached hydrogens (tertiary/aromatic N) is 2. The predicted molar refractivity (Wildman–Crippen MR) is 61.7 cm³/mol. The van der Waals surface area contributed by atoms with Crippen molar-refractivity contribution in [3.05, 3.63) is 28.8 Å². The second kappa shape index (κ2) is 3.79. The van der Waals surface area contributed by atoms with Gasteiger partial charge < -0.3 is 4.90 Å². The Balaban J connectivity index is 2.44. The normalized spacial score (nSPS) is 16.2. The molecule has 1 fully saturated rings. The van der Waals surface area contributed by atoms with E-state index in [0.717, 1.165) is 10.5 Å². The van der Waals surface area contributed by atoms with Crippen LogP contribution < -0.4 is 4.90 Å². The van der Waals surface area contributed by atoms with Gasteiger partial charge in [-0.05, 0) is 30.7 Å². The molecule has 1 aliphatic rings. The summed E-state index contributed by atoms with van der Waals surface area (Å²) < 4.78 is 0. The number of imide groups is 1. The minimum Gasteiger partial charge on any atom is -0.318 e. The van der Waals surface area contributed by atoms with Crippen molar-refractivity contribution in [1.29, 1.82) is 0 Å². The Labute approximate surface area is 98.4 Å². The van der Waals surface area contributed by atoms with Crippen LogP contribution in [0.3, 0.4) is 0 Å². The van der Waals surface area contributed by atoms with Crippen LogP contribution in [0.25, 0.3) is 0 Å². The summed E-state index contributed by atoms with van der Waals surface area (Å²) in [4.78, 5) is 25.9. The van der Waals surface area contributed by atoms with E-state index in [-0.39, 0.29) is 18.5 Å². The maximum atomic E-state index is 11.7. The smallest absolute Gasteiger partial charge is 0.318 e. The zero-order valence-electron chi connectivity index (χ0n) is 9.03. The predicted octanol–water partition coefficient (Wildman–Crippen LogP) is 2.05. The monoisotopic (exact) mass is 238 g/mol. The molecule has 1 saturated heterocycles. The van der Waals surface area contributed by atoms with Crippen LogP contribution in [0.1, 0.15) is 5.56 Å². The lowest BCUT2D eigenvalue weighted by atomic mass is 10.2. The van der Waals surface area contributed by atoms with Crippen LogP contribution in [0, 0.1) is 6.92 Å². The number of carbonyl (C=O) groups excluding carboxylic acids is 2. The highest BCUT2D eigenvalue weighted by molar-refractivity contribution is 6.31. The van der Waals surface area contributed by atoms with Crippen LogP contribution in [0.2, 0.25) is 5.02 Å². The Bertz CT molecular complexity index is 453. The molecule has 3 amide bonds. The molecule has 16 heavy (non-hydrogen) atoms. The molecular formula is C11H11ClN2O2. The lowest BCUT2D eigenvalue weighted by molar-refractivity contribution is -0.116. The molecule has 0 N–H and O–H groups in total. The van der Waals surface area contributed by atoms with Crippen molar-refractivity contribution in [3.63, 3.8) is 0 Å². The summed E-state index contributed by atoms with van der Waals surface area (Å²) in [5.41, 5.74) is 1.45. The highest BCUT2D eigenvalue weighted by Gasteiger charge is 2.34. The van der Waals surface area contributed by atoms with Crippen molar-refractivity contribution in [1.82, 2.24) is 4.90 Å². The van der Waals surface area contributed by atoms with E-state index in [2.05, 4.69) is 0 Å². The average Bonchev–Trinajstić information content (AvgIpc) is 2.39. The number of benzene rings is 1. The van der Waals surface area contributed by atoms with Gasteiger partial charge in [0.05, 0.1) is 5.69 Å². The number of anilines is 1. The molecule has 5 heteroatoms. The highest BCUT2D eigenvalue weighted by Crippen LogP contribution is 2.25. The molecule has 1 aliphatic heterocycles. The second-order valence-electron chi connectivity index (χ2n) is 3.85. The van der Waals surface area contributed by atoms with Gasteiger partial charge in [0.15, 0.2) is 0 Å². The highest BCUT2D eigenvalue weighted by atomic mass is 35.5. The summed E-state index contributed by atoms with van der Waals surface area (Å²) in [5.74, 6) is -0.228. The summed E-state index contributed by atoms with van der Waals surface area (Å²) in [5, 5.41) is 0.519. The molecule has 0 radical (unpaired) electrons. The van der Waals surface area contributed by atoms with Crippen molar-refractivity contribution in [2.75, 3.05) is 18.5 Å². The number of halogens is 1. The standard InChI is InChI=1S/C11H11ClN2O2/c1-7-3-8(12)5-9(4-7)14-10(15)6-13(2)11(14)16/h3-5H,6H2,1-2H3. The first-order valence-electron chi connectivity index (χ1n) is 4.84. The molecular weight excluding hydrogens is 228 g/mol. The first kappa shape index (κ1) is 11.0. The van der Waals surface area contributed by atoms with Gasteiger partial charge in [0.1, 0.15) is 6.54 Å². The van der Waals surface area contributed by atoms with Gasteiger partial charge in [0, 0.05) is 12.1 Å². The number of hydrogen-bond donors (Lipinski definition) is 0. The molecule has 0 aromatic heterocycles. The van der Waals surface area contributed by atoms with Gasteiger partial charge >= 0.3 is 6.03 Å². The van der Waals surface area contributed by atoms with Gasteiger partial charge in [-0.3, -0.25) is 4.79 Å². The van der Waals surface area contributed by atoms with Gasteiger partial charge in [-0.2, -0.15) is 0 Å². The minimum absolute atomic E-state index is 0.115. The summed E-state index contributed by atoms with van der Waals surface area (Å²) in [6.07, 6.45) is 0.